The molecule has 1 unspecified atom stereocenters. The number of hydrogen-bond acceptors (Lipinski definition) is 2. The van der Waals surface area contributed by atoms with Crippen LogP contribution >= 0.6 is 31.9 Å². The molecule has 106 valence electrons. The molecule has 0 bridgehead atoms. The molecule has 1 atom stereocenters. The molecule has 2 aromatic rings. The molecule has 2 aromatic carbocycles. The van der Waals surface area contributed by atoms with E-state index in [1.807, 2.05) is 19.2 Å². The highest BCUT2D eigenvalue weighted by molar-refractivity contribution is 9.10. The van der Waals surface area contributed by atoms with Crippen molar-refractivity contribution < 1.29 is 4.74 Å². The third-order valence-electron chi connectivity index (χ3n) is 3.33. The Morgan fingerprint density at radius 3 is 2.25 bits per heavy atom. The van der Waals surface area contributed by atoms with Crippen LogP contribution in [0.4, 0.5) is 0 Å². The molecule has 0 aliphatic rings. The van der Waals surface area contributed by atoms with Crippen LogP contribution in [0.1, 0.15) is 22.7 Å². The van der Waals surface area contributed by atoms with E-state index in [2.05, 4.69) is 68.4 Å². The molecule has 0 heterocycles. The Kier molecular flexibility index (Phi) is 5.24. The van der Waals surface area contributed by atoms with Crippen molar-refractivity contribution in [2.45, 2.75) is 13.0 Å². The summed E-state index contributed by atoms with van der Waals surface area (Å²) in [5.74, 6) is 0.884. The summed E-state index contributed by atoms with van der Waals surface area (Å²) in [5.41, 5.74) is 3.60. The maximum atomic E-state index is 5.50. The Labute approximate surface area is 136 Å². The molecule has 0 aliphatic carbocycles. The van der Waals surface area contributed by atoms with E-state index in [0.29, 0.717) is 0 Å². The second kappa shape index (κ2) is 6.74. The highest BCUT2D eigenvalue weighted by atomic mass is 79.9. The minimum Gasteiger partial charge on any atom is -0.496 e. The first-order valence-corrected chi connectivity index (χ1v) is 7.92. The van der Waals surface area contributed by atoms with Gasteiger partial charge in [-0.25, -0.2) is 0 Å². The molecule has 0 saturated heterocycles. The molecule has 2 nitrogen and oxygen atoms in total. The summed E-state index contributed by atoms with van der Waals surface area (Å²) in [7, 11) is 3.67. The lowest BCUT2D eigenvalue weighted by Gasteiger charge is -2.22. The van der Waals surface area contributed by atoms with Gasteiger partial charge in [0.05, 0.1) is 13.2 Å². The number of ether oxygens (including phenoxy) is 1. The van der Waals surface area contributed by atoms with E-state index >= 15 is 0 Å². The monoisotopic (exact) mass is 397 g/mol. The first-order chi connectivity index (χ1) is 9.56. The molecule has 0 fully saturated rings. The number of aryl methyl sites for hydroxylation is 1. The third-order valence-corrected chi connectivity index (χ3v) is 4.32. The first-order valence-electron chi connectivity index (χ1n) is 6.33. The van der Waals surface area contributed by atoms with Gasteiger partial charge >= 0.3 is 0 Å². The fourth-order valence-corrected chi connectivity index (χ4v) is 3.23. The maximum absolute atomic E-state index is 5.50. The van der Waals surface area contributed by atoms with Gasteiger partial charge in [0.25, 0.3) is 0 Å². The molecule has 1 N–H and O–H groups in total. The number of hydrogen-bond donors (Lipinski definition) is 1. The van der Waals surface area contributed by atoms with Crippen molar-refractivity contribution >= 4 is 31.9 Å². The van der Waals surface area contributed by atoms with E-state index in [0.717, 1.165) is 20.3 Å². The maximum Gasteiger partial charge on any atom is 0.124 e. The lowest BCUT2D eigenvalue weighted by molar-refractivity contribution is 0.405. The zero-order valence-electron chi connectivity index (χ0n) is 11.7. The number of methoxy groups -OCH3 is 1. The number of halogens is 2. The van der Waals surface area contributed by atoms with Gasteiger partial charge in [-0.2, -0.15) is 0 Å². The Morgan fingerprint density at radius 1 is 1.00 bits per heavy atom. The molecule has 20 heavy (non-hydrogen) atoms. The zero-order chi connectivity index (χ0) is 14.7. The molecule has 0 spiro atoms. The lowest BCUT2D eigenvalue weighted by atomic mass is 9.94. The topological polar surface area (TPSA) is 21.3 Å². The fraction of sp³-hybridized carbons (Fsp3) is 0.250. The van der Waals surface area contributed by atoms with Crippen molar-refractivity contribution in [2.24, 2.45) is 0 Å². The van der Waals surface area contributed by atoms with Crippen LogP contribution in [0, 0.1) is 6.92 Å². The third kappa shape index (κ3) is 3.25. The minimum atomic E-state index is 0.0931. The van der Waals surface area contributed by atoms with Crippen molar-refractivity contribution in [3.63, 3.8) is 0 Å². The summed E-state index contributed by atoms with van der Waals surface area (Å²) < 4.78 is 7.64. The predicted octanol–water partition coefficient (Wildman–Crippen LogP) is 4.84. The van der Waals surface area contributed by atoms with Gasteiger partial charge < -0.3 is 10.1 Å². The van der Waals surface area contributed by atoms with Gasteiger partial charge in [-0.3, -0.25) is 0 Å². The van der Waals surface area contributed by atoms with Gasteiger partial charge in [-0.1, -0.05) is 37.9 Å². The van der Waals surface area contributed by atoms with Gasteiger partial charge in [0.15, 0.2) is 0 Å². The van der Waals surface area contributed by atoms with Crippen molar-refractivity contribution in [3.05, 3.63) is 62.0 Å². The molecule has 0 saturated carbocycles. The molecule has 0 amide bonds. The van der Waals surface area contributed by atoms with Crippen LogP contribution in [0.15, 0.2) is 45.3 Å². The minimum absolute atomic E-state index is 0.0931. The van der Waals surface area contributed by atoms with E-state index in [1.165, 1.54) is 11.1 Å². The van der Waals surface area contributed by atoms with Crippen LogP contribution in [0.3, 0.4) is 0 Å². The lowest BCUT2D eigenvalue weighted by Crippen LogP contribution is -2.19. The quantitative estimate of drug-likeness (QED) is 0.795. The SMILES string of the molecule is CNC(c1ccc(Br)cc1C)c1cc(Br)ccc1OC. The molecular weight excluding hydrogens is 382 g/mol. The fourth-order valence-electron chi connectivity index (χ4n) is 2.37. The van der Waals surface area contributed by atoms with Gasteiger partial charge in [0.2, 0.25) is 0 Å². The molecule has 0 aliphatic heterocycles. The van der Waals surface area contributed by atoms with Gasteiger partial charge in [0, 0.05) is 14.5 Å². The van der Waals surface area contributed by atoms with Crippen LogP contribution in [0.2, 0.25) is 0 Å². The molecule has 2 rings (SSSR count). The number of nitrogens with one attached hydrogen (secondary N) is 1. The van der Waals surface area contributed by atoms with E-state index < -0.39 is 0 Å². The highest BCUT2D eigenvalue weighted by Crippen LogP contribution is 2.34. The standard InChI is InChI=1S/C16H17Br2NO/c1-10-8-11(17)4-6-13(10)16(19-2)14-9-12(18)5-7-15(14)20-3/h4-9,16,19H,1-3H3. The Balaban J connectivity index is 2.54. The number of benzene rings is 2. The van der Waals surface area contributed by atoms with E-state index in [-0.39, 0.29) is 6.04 Å². The van der Waals surface area contributed by atoms with Crippen molar-refractivity contribution in [3.8, 4) is 5.75 Å². The van der Waals surface area contributed by atoms with Crippen molar-refractivity contribution in [1.82, 2.24) is 5.32 Å². The molecule has 0 aromatic heterocycles. The summed E-state index contributed by atoms with van der Waals surface area (Å²) in [6, 6.07) is 12.5. The van der Waals surface area contributed by atoms with Crippen LogP contribution in [0.5, 0.6) is 5.75 Å². The van der Waals surface area contributed by atoms with Crippen LogP contribution in [-0.4, -0.2) is 14.2 Å². The zero-order valence-corrected chi connectivity index (χ0v) is 14.9. The van der Waals surface area contributed by atoms with Gasteiger partial charge in [0.1, 0.15) is 5.75 Å². The largest absolute Gasteiger partial charge is 0.496 e. The van der Waals surface area contributed by atoms with Crippen LogP contribution < -0.4 is 10.1 Å². The second-order valence-electron chi connectivity index (χ2n) is 4.61. The summed E-state index contributed by atoms with van der Waals surface area (Å²) in [4.78, 5) is 0. The Bertz CT molecular complexity index is 613. The molecular formula is C16H17Br2NO. The first kappa shape index (κ1) is 15.5. The van der Waals surface area contributed by atoms with Crippen molar-refractivity contribution in [2.75, 3.05) is 14.2 Å². The average molecular weight is 399 g/mol. The summed E-state index contributed by atoms with van der Waals surface area (Å²) >= 11 is 7.05. The van der Waals surface area contributed by atoms with Gasteiger partial charge in [-0.05, 0) is 55.4 Å². The van der Waals surface area contributed by atoms with E-state index in [4.69, 9.17) is 4.74 Å². The smallest absolute Gasteiger partial charge is 0.124 e. The summed E-state index contributed by atoms with van der Waals surface area (Å²) in [6.07, 6.45) is 0. The second-order valence-corrected chi connectivity index (χ2v) is 6.44. The summed E-state index contributed by atoms with van der Waals surface area (Å²) in [5, 5.41) is 3.38. The van der Waals surface area contributed by atoms with E-state index in [9.17, 15) is 0 Å². The average Bonchev–Trinajstić information content (AvgIpc) is 2.42. The van der Waals surface area contributed by atoms with Crippen LogP contribution in [0.25, 0.3) is 0 Å². The van der Waals surface area contributed by atoms with E-state index in [1.54, 1.807) is 7.11 Å². The van der Waals surface area contributed by atoms with Crippen molar-refractivity contribution in [1.29, 1.82) is 0 Å². The Morgan fingerprint density at radius 2 is 1.65 bits per heavy atom. The van der Waals surface area contributed by atoms with Crippen LogP contribution in [-0.2, 0) is 0 Å². The van der Waals surface area contributed by atoms with Gasteiger partial charge in [-0.15, -0.1) is 0 Å². The highest BCUT2D eigenvalue weighted by Gasteiger charge is 2.18. The summed E-state index contributed by atoms with van der Waals surface area (Å²) in [6.45, 7) is 2.12. The predicted molar refractivity (Wildman–Crippen MR) is 90.5 cm³/mol. The molecule has 0 radical (unpaired) electrons. The number of rotatable bonds is 4. The Hall–Kier alpha value is -0.840. The molecule has 4 heteroatoms. The normalized spacial score (nSPS) is 12.2.